The van der Waals surface area contributed by atoms with Gasteiger partial charge in [-0.05, 0) is 66.8 Å². The number of carbonyl (C=O) groups is 4. The maximum Gasteiger partial charge on any atom is 0.255 e. The van der Waals surface area contributed by atoms with Crippen LogP contribution in [0.5, 0.6) is 0 Å². The lowest BCUT2D eigenvalue weighted by atomic mass is 10.0. The molecule has 2 aliphatic rings. The molecular weight excluding hydrogens is 568 g/mol. The number of rotatable bonds is 17. The first-order valence-corrected chi connectivity index (χ1v) is 16.9. The van der Waals surface area contributed by atoms with Crippen LogP contribution in [0.3, 0.4) is 0 Å². The smallest absolute Gasteiger partial charge is 0.255 e. The van der Waals surface area contributed by atoms with Crippen LogP contribution in [-0.2, 0) is 27.3 Å². The molecule has 226 valence electrons. The molecule has 0 saturated carbocycles. The van der Waals surface area contributed by atoms with Crippen molar-refractivity contribution < 1.29 is 19.2 Å². The molecule has 2 aromatic rings. The van der Waals surface area contributed by atoms with E-state index < -0.39 is 6.04 Å². The van der Waals surface area contributed by atoms with Crippen molar-refractivity contribution in [3.05, 3.63) is 63.7 Å². The maximum atomic E-state index is 13.0. The number of imide groups is 1. The molecule has 3 amide bonds. The number of unbranched alkanes of at least 4 members (excludes halogenated alkanes) is 9. The van der Waals surface area contributed by atoms with Crippen molar-refractivity contribution in [2.24, 2.45) is 0 Å². The molecule has 2 aliphatic heterocycles. The molecule has 1 saturated heterocycles. The topological polar surface area (TPSA) is 83.6 Å². The Morgan fingerprint density at radius 1 is 0.952 bits per heavy atom. The average molecular weight is 611 g/mol. The Balaban J connectivity index is 1.01. The van der Waals surface area contributed by atoms with E-state index in [0.717, 1.165) is 51.6 Å². The third-order valence-corrected chi connectivity index (χ3v) is 9.88. The first-order valence-electron chi connectivity index (χ1n) is 15.5. The minimum Gasteiger partial charge on any atom is -0.322 e. The van der Waals surface area contributed by atoms with Gasteiger partial charge in [0.1, 0.15) is 11.8 Å². The number of thioether (sulfide) groups is 1. The van der Waals surface area contributed by atoms with Crippen LogP contribution in [0.2, 0.25) is 5.02 Å². The molecular formula is C34H43ClN2O4S. The summed E-state index contributed by atoms with van der Waals surface area (Å²) in [5.41, 5.74) is 3.74. The fourth-order valence-corrected chi connectivity index (χ4v) is 7.07. The van der Waals surface area contributed by atoms with E-state index in [9.17, 15) is 19.2 Å². The van der Waals surface area contributed by atoms with Crippen LogP contribution in [0.4, 0.5) is 0 Å². The van der Waals surface area contributed by atoms with Crippen molar-refractivity contribution in [3.63, 3.8) is 0 Å². The Kier molecular flexibility index (Phi) is 12.5. The van der Waals surface area contributed by atoms with Gasteiger partial charge in [-0.15, -0.1) is 11.8 Å². The van der Waals surface area contributed by atoms with E-state index in [-0.39, 0.29) is 24.1 Å². The molecule has 0 bridgehead atoms. The third kappa shape index (κ3) is 9.18. The number of nitrogens with zero attached hydrogens (tertiary/aromatic N) is 1. The quantitative estimate of drug-likeness (QED) is 0.113. The van der Waals surface area contributed by atoms with Gasteiger partial charge in [0, 0.05) is 41.3 Å². The Bertz CT molecular complexity index is 1280. The number of carbonyl (C=O) groups excluding carboxylic acids is 4. The summed E-state index contributed by atoms with van der Waals surface area (Å²) in [5, 5.41) is 3.10. The zero-order chi connectivity index (χ0) is 29.9. The second kappa shape index (κ2) is 16.3. The Morgan fingerprint density at radius 3 is 2.33 bits per heavy atom. The van der Waals surface area contributed by atoms with E-state index in [2.05, 4.69) is 11.4 Å². The van der Waals surface area contributed by atoms with Crippen molar-refractivity contribution in [2.45, 2.75) is 114 Å². The summed E-state index contributed by atoms with van der Waals surface area (Å²) >= 11 is 7.96. The van der Waals surface area contributed by atoms with Gasteiger partial charge in [-0.3, -0.25) is 24.5 Å². The number of aryl methyl sites for hydroxylation is 1. The van der Waals surface area contributed by atoms with E-state index >= 15 is 0 Å². The number of ketones is 1. The van der Waals surface area contributed by atoms with Gasteiger partial charge in [-0.1, -0.05) is 81.2 Å². The SMILES string of the molecule is Cc1ccc(CC(=O)CCCCCCCCCCCCSc2cccc3c2CN(C2CCC(=O)NC2=O)C3=O)cc1Cl. The van der Waals surface area contributed by atoms with Crippen molar-refractivity contribution in [2.75, 3.05) is 5.75 Å². The highest BCUT2D eigenvalue weighted by Crippen LogP contribution is 2.34. The molecule has 4 rings (SSSR count). The Labute approximate surface area is 259 Å². The van der Waals surface area contributed by atoms with Crippen molar-refractivity contribution in [1.29, 1.82) is 0 Å². The monoisotopic (exact) mass is 610 g/mol. The van der Waals surface area contributed by atoms with Gasteiger partial charge >= 0.3 is 0 Å². The van der Waals surface area contributed by atoms with E-state index in [1.165, 1.54) is 44.9 Å². The highest BCUT2D eigenvalue weighted by atomic mass is 35.5. The normalized spacial score (nSPS) is 16.6. The van der Waals surface area contributed by atoms with Gasteiger partial charge in [-0.2, -0.15) is 0 Å². The van der Waals surface area contributed by atoms with Crippen LogP contribution in [-0.4, -0.2) is 40.2 Å². The summed E-state index contributed by atoms with van der Waals surface area (Å²) in [5.74, 6) is 0.567. The van der Waals surface area contributed by atoms with Crippen molar-refractivity contribution in [1.82, 2.24) is 10.2 Å². The number of nitrogens with one attached hydrogen (secondary N) is 1. The molecule has 1 unspecified atom stereocenters. The summed E-state index contributed by atoms with van der Waals surface area (Å²) in [6, 6.07) is 11.1. The number of benzene rings is 2. The number of amides is 3. The molecule has 0 aromatic heterocycles. The number of Topliss-reactive ketones (excluding diaryl/α,β-unsaturated/α-hetero) is 1. The molecule has 0 aliphatic carbocycles. The molecule has 0 spiro atoms. The minimum absolute atomic E-state index is 0.112. The van der Waals surface area contributed by atoms with Crippen LogP contribution in [0, 0.1) is 6.92 Å². The van der Waals surface area contributed by atoms with Gasteiger partial charge in [0.05, 0.1) is 0 Å². The summed E-state index contributed by atoms with van der Waals surface area (Å²) in [6.07, 6.45) is 13.7. The highest BCUT2D eigenvalue weighted by Gasteiger charge is 2.39. The summed E-state index contributed by atoms with van der Waals surface area (Å²) in [7, 11) is 0. The number of hydrogen-bond acceptors (Lipinski definition) is 5. The average Bonchev–Trinajstić information content (AvgIpc) is 3.30. The molecule has 42 heavy (non-hydrogen) atoms. The van der Waals surface area contributed by atoms with E-state index in [1.807, 2.05) is 37.3 Å². The lowest BCUT2D eigenvalue weighted by Gasteiger charge is -2.29. The van der Waals surface area contributed by atoms with Gasteiger partial charge < -0.3 is 4.90 Å². The molecule has 6 nitrogen and oxygen atoms in total. The predicted molar refractivity (Wildman–Crippen MR) is 169 cm³/mol. The van der Waals surface area contributed by atoms with E-state index in [0.29, 0.717) is 37.2 Å². The zero-order valence-corrected chi connectivity index (χ0v) is 26.3. The summed E-state index contributed by atoms with van der Waals surface area (Å²) in [6.45, 7) is 2.40. The van der Waals surface area contributed by atoms with Crippen LogP contribution in [0.25, 0.3) is 0 Å². The molecule has 1 N–H and O–H groups in total. The van der Waals surface area contributed by atoms with E-state index in [4.69, 9.17) is 11.6 Å². The van der Waals surface area contributed by atoms with Gasteiger partial charge in [0.2, 0.25) is 11.8 Å². The number of hydrogen-bond donors (Lipinski definition) is 1. The number of piperidine rings is 1. The first-order chi connectivity index (χ1) is 20.3. The molecule has 0 radical (unpaired) electrons. The van der Waals surface area contributed by atoms with Crippen molar-refractivity contribution >= 4 is 46.9 Å². The van der Waals surface area contributed by atoms with E-state index in [1.54, 1.807) is 16.7 Å². The molecule has 8 heteroatoms. The van der Waals surface area contributed by atoms with Gasteiger partial charge in [0.15, 0.2) is 0 Å². The second-order valence-corrected chi connectivity index (χ2v) is 13.2. The van der Waals surface area contributed by atoms with Crippen molar-refractivity contribution in [3.8, 4) is 0 Å². The fourth-order valence-electron chi connectivity index (χ4n) is 5.78. The standard InChI is InChI=1S/C34H43ClN2O4S/c1-24-16-17-25(22-29(24)35)21-26(38)13-10-8-6-4-2-3-5-7-9-11-20-42-31-15-12-14-27-28(31)23-37(34(27)41)30-18-19-32(39)36-33(30)40/h12,14-17,22,30H,2-11,13,18-21,23H2,1H3,(H,36,39,40). The zero-order valence-electron chi connectivity index (χ0n) is 24.7. The summed E-state index contributed by atoms with van der Waals surface area (Å²) in [4.78, 5) is 51.8. The Hall–Kier alpha value is -2.64. The molecule has 2 aromatic carbocycles. The largest absolute Gasteiger partial charge is 0.322 e. The first kappa shape index (κ1) is 32.3. The second-order valence-electron chi connectivity index (χ2n) is 11.6. The van der Waals surface area contributed by atoms with Crippen LogP contribution in [0.1, 0.15) is 111 Å². The Morgan fingerprint density at radius 2 is 1.64 bits per heavy atom. The van der Waals surface area contributed by atoms with Crippen LogP contribution in [0.15, 0.2) is 41.3 Å². The molecule has 2 heterocycles. The minimum atomic E-state index is -0.570. The van der Waals surface area contributed by atoms with Crippen LogP contribution >= 0.6 is 23.4 Å². The lowest BCUT2D eigenvalue weighted by Crippen LogP contribution is -2.52. The number of fused-ring (bicyclic) bond motifs is 1. The fraction of sp³-hybridized carbons (Fsp3) is 0.529. The lowest BCUT2D eigenvalue weighted by molar-refractivity contribution is -0.137. The van der Waals surface area contributed by atoms with Gasteiger partial charge in [-0.25, -0.2) is 0 Å². The predicted octanol–water partition coefficient (Wildman–Crippen LogP) is 7.60. The molecule has 1 fully saturated rings. The maximum absolute atomic E-state index is 13.0. The van der Waals surface area contributed by atoms with Crippen LogP contribution < -0.4 is 5.32 Å². The van der Waals surface area contributed by atoms with Gasteiger partial charge in [0.25, 0.3) is 5.91 Å². The highest BCUT2D eigenvalue weighted by molar-refractivity contribution is 7.99. The third-order valence-electron chi connectivity index (χ3n) is 8.28. The number of halogens is 1. The summed E-state index contributed by atoms with van der Waals surface area (Å²) < 4.78 is 0. The molecule has 1 atom stereocenters.